The molecule has 0 radical (unpaired) electrons. The number of fused-ring (bicyclic) bond motifs is 4. The number of likely N-dealkylation sites (N-methyl/N-ethyl adjacent to an activating group) is 1. The lowest BCUT2D eigenvalue weighted by molar-refractivity contribution is -0.148. The Morgan fingerprint density at radius 3 is 2.40 bits per heavy atom. The number of ketones is 2. The number of primary amides is 1. The van der Waals surface area contributed by atoms with Gasteiger partial charge in [-0.1, -0.05) is 12.1 Å². The minimum absolute atomic E-state index is 0.0272. The topological polar surface area (TPSA) is 185 Å². The molecule has 0 bridgehead atoms. The van der Waals surface area contributed by atoms with Crippen molar-refractivity contribution < 1.29 is 39.9 Å². The van der Waals surface area contributed by atoms with Crippen molar-refractivity contribution in [3.05, 3.63) is 57.6 Å². The highest BCUT2D eigenvalue weighted by Crippen LogP contribution is 2.54. The summed E-state index contributed by atoms with van der Waals surface area (Å²) < 4.78 is 0. The van der Waals surface area contributed by atoms with E-state index in [1.54, 1.807) is 26.2 Å². The first-order chi connectivity index (χ1) is 18.9. The van der Waals surface area contributed by atoms with E-state index in [-0.39, 0.29) is 46.4 Å². The lowest BCUT2D eigenvalue weighted by Gasteiger charge is -2.50. The number of phenolic OH excluding ortho intramolecular Hbond substituents is 2. The highest BCUT2D eigenvalue weighted by molar-refractivity contribution is 6.25. The van der Waals surface area contributed by atoms with E-state index in [9.17, 15) is 39.9 Å². The second-order valence-electron chi connectivity index (χ2n) is 11.5. The molecule has 0 spiro atoms. The van der Waals surface area contributed by atoms with Crippen LogP contribution in [0.5, 0.6) is 11.5 Å². The normalized spacial score (nSPS) is 28.4. The molecule has 6 rings (SSSR count). The first kappa shape index (κ1) is 26.3. The Morgan fingerprint density at radius 1 is 1.10 bits per heavy atom. The predicted octanol–water partition coefficient (Wildman–Crippen LogP) is 1.19. The third kappa shape index (κ3) is 3.38. The standard InChI is InChI=1S/C29H31N3O8/c1-31(2)21-17-10-13-9-16-19(23(34)15-8-12(11-32-6-3-7-32)4-5-14(15)22(16)33)24(35)18(13)26(37)29(17,40)27(38)20(25(21)36)28(30)39/h4-5,8,13,17,21,33-34,36-37,40H,3,6-7,9-11H2,1-2H3,(H2,30,39)/t13-,17-,21-,29-/m0/s1. The monoisotopic (exact) mass is 549 g/mol. The summed E-state index contributed by atoms with van der Waals surface area (Å²) in [6.07, 6.45) is 1.10. The van der Waals surface area contributed by atoms with E-state index < -0.39 is 58.0 Å². The van der Waals surface area contributed by atoms with Gasteiger partial charge in [-0.05, 0) is 64.0 Å². The zero-order valence-electron chi connectivity index (χ0n) is 22.1. The number of hydrogen-bond acceptors (Lipinski definition) is 10. The number of phenols is 2. The number of aliphatic hydroxyl groups is 3. The Balaban J connectivity index is 1.52. The molecule has 0 saturated carbocycles. The smallest absolute Gasteiger partial charge is 0.255 e. The van der Waals surface area contributed by atoms with Crippen LogP contribution in [0.2, 0.25) is 0 Å². The Hall–Kier alpha value is -3.93. The molecule has 4 aliphatic rings. The van der Waals surface area contributed by atoms with Crippen LogP contribution in [0.4, 0.5) is 0 Å². The highest BCUT2D eigenvalue weighted by atomic mass is 16.3. The fraction of sp³-hybridized carbons (Fsp3) is 0.414. The fourth-order valence-electron chi connectivity index (χ4n) is 7.04. The maximum atomic E-state index is 13.9. The van der Waals surface area contributed by atoms with Crippen molar-refractivity contribution in [3.63, 3.8) is 0 Å². The van der Waals surface area contributed by atoms with Crippen LogP contribution in [0.3, 0.4) is 0 Å². The van der Waals surface area contributed by atoms with Gasteiger partial charge in [-0.2, -0.15) is 0 Å². The molecule has 7 N–H and O–H groups in total. The minimum atomic E-state index is -2.70. The molecule has 1 fully saturated rings. The summed E-state index contributed by atoms with van der Waals surface area (Å²) in [6, 6.07) is 4.23. The van der Waals surface area contributed by atoms with Gasteiger partial charge >= 0.3 is 0 Å². The lowest BCUT2D eigenvalue weighted by atomic mass is 9.58. The van der Waals surface area contributed by atoms with Crippen molar-refractivity contribution in [3.8, 4) is 11.5 Å². The van der Waals surface area contributed by atoms with Gasteiger partial charge < -0.3 is 31.3 Å². The number of Topliss-reactive ketones (excluding diaryl/α,β-unsaturated/α-hetero) is 2. The van der Waals surface area contributed by atoms with Crippen LogP contribution in [-0.2, 0) is 22.6 Å². The largest absolute Gasteiger partial charge is 0.510 e. The first-order valence-corrected chi connectivity index (χ1v) is 13.2. The Bertz CT molecular complexity index is 1590. The third-order valence-electron chi connectivity index (χ3n) is 9.09. The van der Waals surface area contributed by atoms with Crippen molar-refractivity contribution in [2.45, 2.75) is 37.5 Å². The molecule has 40 heavy (non-hydrogen) atoms. The molecule has 0 aromatic heterocycles. The molecule has 0 unspecified atom stereocenters. The van der Waals surface area contributed by atoms with Gasteiger partial charge in [-0.3, -0.25) is 24.2 Å². The number of benzene rings is 2. The number of rotatable bonds is 4. The predicted molar refractivity (Wildman–Crippen MR) is 143 cm³/mol. The van der Waals surface area contributed by atoms with Gasteiger partial charge in [0.1, 0.15) is 28.6 Å². The molecule has 210 valence electrons. The fourth-order valence-corrected chi connectivity index (χ4v) is 7.04. The molecule has 3 aliphatic carbocycles. The molecule has 1 aliphatic heterocycles. The van der Waals surface area contributed by atoms with Gasteiger partial charge in [0.15, 0.2) is 11.4 Å². The number of allylic oxidation sites excluding steroid dienone is 1. The summed E-state index contributed by atoms with van der Waals surface area (Å²) in [4.78, 5) is 43.2. The number of aliphatic hydroxyl groups excluding tert-OH is 2. The molecule has 2 aromatic carbocycles. The summed E-state index contributed by atoms with van der Waals surface area (Å²) in [5, 5.41) is 57.2. The van der Waals surface area contributed by atoms with Gasteiger partial charge in [0.05, 0.1) is 11.6 Å². The van der Waals surface area contributed by atoms with E-state index in [1.165, 1.54) is 4.90 Å². The maximum Gasteiger partial charge on any atom is 0.255 e. The quantitative estimate of drug-likeness (QED) is 0.239. The van der Waals surface area contributed by atoms with Gasteiger partial charge in [0.2, 0.25) is 5.78 Å². The summed E-state index contributed by atoms with van der Waals surface area (Å²) >= 11 is 0. The highest BCUT2D eigenvalue weighted by Gasteiger charge is 2.63. The molecular weight excluding hydrogens is 518 g/mol. The van der Waals surface area contributed by atoms with Crippen molar-refractivity contribution in [2.75, 3.05) is 27.2 Å². The Morgan fingerprint density at radius 2 is 1.80 bits per heavy atom. The van der Waals surface area contributed by atoms with E-state index in [2.05, 4.69) is 4.90 Å². The van der Waals surface area contributed by atoms with Crippen molar-refractivity contribution in [2.24, 2.45) is 17.6 Å². The van der Waals surface area contributed by atoms with Gasteiger partial charge in [0, 0.05) is 34.4 Å². The van der Waals surface area contributed by atoms with Crippen LogP contribution in [0.1, 0.15) is 34.3 Å². The second-order valence-corrected chi connectivity index (χ2v) is 11.5. The SMILES string of the molecule is CN(C)[C@@H]1C(O)=C(C(N)=O)C(=O)[C@@]2(O)C(O)=C3C(=O)c4c(c(O)c5ccc(CN6CCC6)cc5c4O)C[C@H]3C[C@@H]12. The summed E-state index contributed by atoms with van der Waals surface area (Å²) in [5.74, 6) is -7.34. The van der Waals surface area contributed by atoms with E-state index in [4.69, 9.17) is 5.73 Å². The van der Waals surface area contributed by atoms with E-state index in [0.717, 1.165) is 25.1 Å². The van der Waals surface area contributed by atoms with Crippen molar-refractivity contribution >= 4 is 28.2 Å². The first-order valence-electron chi connectivity index (χ1n) is 13.2. The zero-order chi connectivity index (χ0) is 28.8. The Labute approximate surface area is 229 Å². The number of nitrogens with zero attached hydrogens (tertiary/aromatic N) is 2. The Kier molecular flexibility index (Phi) is 5.78. The van der Waals surface area contributed by atoms with E-state index in [0.29, 0.717) is 11.9 Å². The van der Waals surface area contributed by atoms with Crippen LogP contribution in [-0.4, -0.2) is 91.6 Å². The number of nitrogens with two attached hydrogens (primary N) is 1. The number of likely N-dealkylation sites (tertiary alicyclic amines) is 1. The molecule has 11 nitrogen and oxygen atoms in total. The number of carbonyl (C=O) groups is 3. The summed E-state index contributed by atoms with van der Waals surface area (Å²) in [5.41, 5.74) is 2.45. The average Bonchev–Trinajstić information content (AvgIpc) is 2.86. The molecule has 1 amide bonds. The van der Waals surface area contributed by atoms with Gasteiger partial charge in [-0.25, -0.2) is 0 Å². The zero-order valence-corrected chi connectivity index (χ0v) is 22.1. The number of carbonyl (C=O) groups excluding carboxylic acids is 3. The number of amides is 1. The minimum Gasteiger partial charge on any atom is -0.510 e. The van der Waals surface area contributed by atoms with Crippen LogP contribution < -0.4 is 5.73 Å². The molecule has 4 atom stereocenters. The number of hydrogen-bond donors (Lipinski definition) is 6. The average molecular weight is 550 g/mol. The maximum absolute atomic E-state index is 13.9. The van der Waals surface area contributed by atoms with Gasteiger partial charge in [-0.15, -0.1) is 0 Å². The van der Waals surface area contributed by atoms with Crippen LogP contribution >= 0.6 is 0 Å². The van der Waals surface area contributed by atoms with Crippen LogP contribution in [0.25, 0.3) is 10.8 Å². The van der Waals surface area contributed by atoms with Gasteiger partial charge in [0.25, 0.3) is 5.91 Å². The van der Waals surface area contributed by atoms with Crippen LogP contribution in [0.15, 0.2) is 40.9 Å². The molecular formula is C29H31N3O8. The van der Waals surface area contributed by atoms with Crippen molar-refractivity contribution in [1.82, 2.24) is 9.80 Å². The second kappa shape index (κ2) is 8.79. The summed E-state index contributed by atoms with van der Waals surface area (Å²) in [7, 11) is 3.14. The van der Waals surface area contributed by atoms with Crippen molar-refractivity contribution in [1.29, 1.82) is 0 Å². The lowest BCUT2D eigenvalue weighted by Crippen LogP contribution is -2.63. The van der Waals surface area contributed by atoms with Crippen LogP contribution in [0, 0.1) is 11.8 Å². The molecule has 1 saturated heterocycles. The molecule has 1 heterocycles. The number of aromatic hydroxyl groups is 2. The summed E-state index contributed by atoms with van der Waals surface area (Å²) in [6.45, 7) is 2.59. The van der Waals surface area contributed by atoms with E-state index >= 15 is 0 Å². The van der Waals surface area contributed by atoms with E-state index in [1.807, 2.05) is 6.07 Å². The molecule has 11 heteroatoms. The third-order valence-corrected chi connectivity index (χ3v) is 9.09. The molecule has 2 aromatic rings.